The lowest BCUT2D eigenvalue weighted by atomic mass is 9.98. The molecule has 1 unspecified atom stereocenters. The number of methoxy groups -OCH3 is 1. The maximum Gasteiger partial charge on any atom is 0.311 e. The van der Waals surface area contributed by atoms with E-state index in [1.165, 1.54) is 7.11 Å². The molecule has 4 nitrogen and oxygen atoms in total. The van der Waals surface area contributed by atoms with E-state index in [0.717, 1.165) is 0 Å². The summed E-state index contributed by atoms with van der Waals surface area (Å²) >= 11 is 0. The van der Waals surface area contributed by atoms with Gasteiger partial charge in [-0.1, -0.05) is 13.0 Å². The van der Waals surface area contributed by atoms with Crippen LogP contribution in [-0.4, -0.2) is 42.8 Å². The van der Waals surface area contributed by atoms with Gasteiger partial charge in [-0.05, 0) is 6.42 Å². The van der Waals surface area contributed by atoms with Crippen LogP contribution >= 0.6 is 0 Å². The smallest absolute Gasteiger partial charge is 0.311 e. The van der Waals surface area contributed by atoms with Crippen molar-refractivity contribution in [1.82, 2.24) is 4.90 Å². The Kier molecular flexibility index (Phi) is 3.36. The third-order valence-corrected chi connectivity index (χ3v) is 3.13. The molecule has 6 heteroatoms. The van der Waals surface area contributed by atoms with Crippen LogP contribution in [-0.2, 0) is 9.53 Å². The number of likely N-dealkylation sites (tertiary alicyclic amines) is 1. The molecule has 100 valence electrons. The Hall–Kier alpha value is -1.46. The van der Waals surface area contributed by atoms with Crippen molar-refractivity contribution in [1.29, 1.82) is 0 Å². The number of allylic oxidation sites excluding steroid dienone is 1. The molecule has 2 heterocycles. The van der Waals surface area contributed by atoms with Crippen molar-refractivity contribution in [3.05, 3.63) is 11.8 Å². The Labute approximate surface area is 104 Å². The molecular weight excluding hydrogens is 242 g/mol. The van der Waals surface area contributed by atoms with E-state index >= 15 is 0 Å². The first-order chi connectivity index (χ1) is 8.41. The van der Waals surface area contributed by atoms with Crippen molar-refractivity contribution in [2.24, 2.45) is 10.9 Å². The number of aliphatic imine (C=N–C) groups is 1. The van der Waals surface area contributed by atoms with Gasteiger partial charge in [-0.3, -0.25) is 4.79 Å². The zero-order valence-corrected chi connectivity index (χ0v) is 10.4. The number of hydrogen-bond donors (Lipinski definition) is 0. The maximum atomic E-state index is 12.8. The van der Waals surface area contributed by atoms with Gasteiger partial charge in [0.25, 0.3) is 5.92 Å². The number of esters is 1. The SMILES string of the molecule is COC(=O)CC1=CCC(C)C(N2CC(F)(F)C2)=N1. The van der Waals surface area contributed by atoms with Crippen LogP contribution < -0.4 is 0 Å². The summed E-state index contributed by atoms with van der Waals surface area (Å²) in [6.45, 7) is 1.39. The fourth-order valence-corrected chi connectivity index (χ4v) is 2.11. The van der Waals surface area contributed by atoms with Crippen molar-refractivity contribution in [2.45, 2.75) is 25.7 Å². The van der Waals surface area contributed by atoms with E-state index in [2.05, 4.69) is 9.73 Å². The van der Waals surface area contributed by atoms with Gasteiger partial charge >= 0.3 is 5.97 Å². The van der Waals surface area contributed by atoms with Gasteiger partial charge < -0.3 is 9.64 Å². The van der Waals surface area contributed by atoms with E-state index in [0.29, 0.717) is 18.0 Å². The average Bonchev–Trinajstić information content (AvgIpc) is 2.28. The van der Waals surface area contributed by atoms with Gasteiger partial charge in [-0.25, -0.2) is 13.8 Å². The molecule has 1 saturated heterocycles. The first kappa shape index (κ1) is 13.0. The second kappa shape index (κ2) is 4.66. The van der Waals surface area contributed by atoms with E-state index in [-0.39, 0.29) is 31.4 Å². The largest absolute Gasteiger partial charge is 0.469 e. The number of ether oxygens (including phenoxy) is 1. The van der Waals surface area contributed by atoms with Gasteiger partial charge in [0.1, 0.15) is 5.84 Å². The highest BCUT2D eigenvalue weighted by atomic mass is 19.3. The van der Waals surface area contributed by atoms with Gasteiger partial charge in [0.15, 0.2) is 0 Å². The van der Waals surface area contributed by atoms with Crippen LogP contribution in [0.3, 0.4) is 0 Å². The number of rotatable bonds is 2. The zero-order chi connectivity index (χ0) is 13.3. The summed E-state index contributed by atoms with van der Waals surface area (Å²) < 4.78 is 30.3. The van der Waals surface area contributed by atoms with Gasteiger partial charge in [0.05, 0.1) is 26.6 Å². The van der Waals surface area contributed by atoms with Crippen molar-refractivity contribution in [3.8, 4) is 0 Å². The lowest BCUT2D eigenvalue weighted by Gasteiger charge is -2.43. The summed E-state index contributed by atoms with van der Waals surface area (Å²) in [5.41, 5.74) is 0.602. The molecule has 2 aliphatic rings. The fourth-order valence-electron chi connectivity index (χ4n) is 2.11. The van der Waals surface area contributed by atoms with E-state index in [9.17, 15) is 13.6 Å². The number of carbonyl (C=O) groups excluding carboxylic acids is 1. The molecule has 2 rings (SSSR count). The van der Waals surface area contributed by atoms with E-state index < -0.39 is 5.92 Å². The molecule has 1 fully saturated rings. The Morgan fingerprint density at radius 3 is 2.83 bits per heavy atom. The first-order valence-corrected chi connectivity index (χ1v) is 5.88. The fraction of sp³-hybridized carbons (Fsp3) is 0.667. The third kappa shape index (κ3) is 2.68. The number of carbonyl (C=O) groups is 1. The lowest BCUT2D eigenvalue weighted by molar-refractivity contribution is -0.139. The van der Waals surface area contributed by atoms with Crippen LogP contribution in [0.15, 0.2) is 16.8 Å². The number of amidine groups is 1. The standard InChI is InChI=1S/C12H16F2N2O2/c1-8-3-4-9(5-10(17)18-2)15-11(8)16-6-12(13,14)7-16/h4,8H,3,5-7H2,1-2H3. The summed E-state index contributed by atoms with van der Waals surface area (Å²) in [5, 5.41) is 0. The monoisotopic (exact) mass is 258 g/mol. The minimum absolute atomic E-state index is 0.0942. The Morgan fingerprint density at radius 2 is 2.28 bits per heavy atom. The molecule has 0 radical (unpaired) electrons. The molecule has 0 spiro atoms. The minimum atomic E-state index is -2.61. The predicted octanol–water partition coefficient (Wildman–Crippen LogP) is 1.82. The third-order valence-electron chi connectivity index (χ3n) is 3.13. The normalized spacial score (nSPS) is 26.0. The molecule has 0 aromatic carbocycles. The summed E-state index contributed by atoms with van der Waals surface area (Å²) in [6.07, 6.45) is 2.67. The molecule has 1 atom stereocenters. The number of halogens is 2. The molecule has 18 heavy (non-hydrogen) atoms. The number of hydrogen-bond acceptors (Lipinski definition) is 4. The van der Waals surface area contributed by atoms with Crippen molar-refractivity contribution >= 4 is 11.8 Å². The first-order valence-electron chi connectivity index (χ1n) is 5.88. The second-order valence-electron chi connectivity index (χ2n) is 4.77. The lowest BCUT2D eigenvalue weighted by Crippen LogP contribution is -2.59. The number of alkyl halides is 2. The summed E-state index contributed by atoms with van der Waals surface area (Å²) in [6, 6.07) is 0. The molecule has 0 aliphatic carbocycles. The Bertz CT molecular complexity index is 410. The minimum Gasteiger partial charge on any atom is -0.469 e. The Morgan fingerprint density at radius 1 is 1.61 bits per heavy atom. The van der Waals surface area contributed by atoms with E-state index in [1.54, 1.807) is 4.90 Å². The molecule has 0 amide bonds. The second-order valence-corrected chi connectivity index (χ2v) is 4.77. The van der Waals surface area contributed by atoms with Crippen molar-refractivity contribution in [3.63, 3.8) is 0 Å². The van der Waals surface area contributed by atoms with Crippen molar-refractivity contribution < 1.29 is 18.3 Å². The van der Waals surface area contributed by atoms with E-state index in [4.69, 9.17) is 0 Å². The molecule has 0 aromatic rings. The molecular formula is C12H16F2N2O2. The van der Waals surface area contributed by atoms with Gasteiger partial charge in [0, 0.05) is 11.6 Å². The quantitative estimate of drug-likeness (QED) is 0.709. The predicted molar refractivity (Wildman–Crippen MR) is 62.5 cm³/mol. The molecule has 0 aromatic heterocycles. The van der Waals surface area contributed by atoms with Gasteiger partial charge in [-0.2, -0.15) is 0 Å². The summed E-state index contributed by atoms with van der Waals surface area (Å²) in [7, 11) is 1.31. The van der Waals surface area contributed by atoms with Crippen LogP contribution in [0.5, 0.6) is 0 Å². The highest BCUT2D eigenvalue weighted by molar-refractivity contribution is 5.88. The van der Waals surface area contributed by atoms with Crippen molar-refractivity contribution in [2.75, 3.05) is 20.2 Å². The van der Waals surface area contributed by atoms with Crippen LogP contribution in [0.25, 0.3) is 0 Å². The van der Waals surface area contributed by atoms with Crippen LogP contribution in [0.1, 0.15) is 19.8 Å². The molecule has 2 aliphatic heterocycles. The average molecular weight is 258 g/mol. The van der Waals surface area contributed by atoms with E-state index in [1.807, 2.05) is 13.0 Å². The zero-order valence-electron chi connectivity index (χ0n) is 10.4. The van der Waals surface area contributed by atoms with Gasteiger partial charge in [-0.15, -0.1) is 0 Å². The van der Waals surface area contributed by atoms with Crippen LogP contribution in [0, 0.1) is 5.92 Å². The Balaban J connectivity index is 2.04. The maximum absolute atomic E-state index is 12.8. The highest BCUT2D eigenvalue weighted by Gasteiger charge is 2.46. The molecule has 0 N–H and O–H groups in total. The molecule has 0 saturated carbocycles. The number of nitrogens with zero attached hydrogens (tertiary/aromatic N) is 2. The van der Waals surface area contributed by atoms with Gasteiger partial charge in [0.2, 0.25) is 0 Å². The summed E-state index contributed by atoms with van der Waals surface area (Å²) in [5.74, 6) is -2.20. The van der Waals surface area contributed by atoms with Crippen LogP contribution in [0.2, 0.25) is 0 Å². The van der Waals surface area contributed by atoms with Crippen LogP contribution in [0.4, 0.5) is 8.78 Å². The summed E-state index contributed by atoms with van der Waals surface area (Å²) in [4.78, 5) is 17.0. The molecule has 0 bridgehead atoms. The topological polar surface area (TPSA) is 41.9 Å². The highest BCUT2D eigenvalue weighted by Crippen LogP contribution is 2.31.